The van der Waals surface area contributed by atoms with Crippen molar-refractivity contribution in [1.29, 1.82) is 0 Å². The van der Waals surface area contributed by atoms with E-state index in [1.807, 2.05) is 0 Å². The Bertz CT molecular complexity index is 474. The molecule has 1 aromatic heterocycles. The Balaban J connectivity index is 2.66. The van der Waals surface area contributed by atoms with Crippen molar-refractivity contribution in [2.24, 2.45) is 0 Å². The van der Waals surface area contributed by atoms with Crippen LogP contribution < -0.4 is 10.5 Å². The fraction of sp³-hybridized carbons (Fsp3) is 0.182. The molecule has 0 saturated heterocycles. The molecule has 0 radical (unpaired) electrons. The zero-order valence-corrected chi connectivity index (χ0v) is 8.74. The Labute approximate surface area is 91.8 Å². The summed E-state index contributed by atoms with van der Waals surface area (Å²) < 4.78 is 22.8. The van der Waals surface area contributed by atoms with Gasteiger partial charge in [0.15, 0.2) is 0 Å². The minimum Gasteiger partial charge on any atom is -0.496 e. The van der Waals surface area contributed by atoms with Gasteiger partial charge in [-0.3, -0.25) is 0 Å². The van der Waals surface area contributed by atoms with E-state index in [9.17, 15) is 4.39 Å². The van der Waals surface area contributed by atoms with Crippen LogP contribution in [0.1, 0.15) is 5.56 Å². The van der Waals surface area contributed by atoms with E-state index >= 15 is 0 Å². The van der Waals surface area contributed by atoms with Gasteiger partial charge in [-0.15, -0.1) is 0 Å². The van der Waals surface area contributed by atoms with Gasteiger partial charge >= 0.3 is 0 Å². The molecule has 5 heteroatoms. The second kappa shape index (κ2) is 4.22. The average Bonchev–Trinajstić information content (AvgIpc) is 2.74. The van der Waals surface area contributed by atoms with Gasteiger partial charge in [-0.05, 0) is 11.6 Å². The number of ether oxygens (including phenoxy) is 1. The maximum absolute atomic E-state index is 12.9. The molecule has 4 nitrogen and oxygen atoms in total. The second-order valence-electron chi connectivity index (χ2n) is 3.23. The van der Waals surface area contributed by atoms with Crippen molar-refractivity contribution < 1.29 is 13.7 Å². The normalized spacial score (nSPS) is 10.4. The number of halogens is 1. The third-order valence-electron chi connectivity index (χ3n) is 2.34. The van der Waals surface area contributed by atoms with Gasteiger partial charge in [0.05, 0.1) is 18.9 Å². The number of rotatable bonds is 3. The van der Waals surface area contributed by atoms with Gasteiger partial charge < -0.3 is 15.0 Å². The van der Waals surface area contributed by atoms with Gasteiger partial charge in [0.2, 0.25) is 5.88 Å². The van der Waals surface area contributed by atoms with Crippen LogP contribution in [0.5, 0.6) is 5.75 Å². The number of alkyl halides is 1. The molecule has 0 aliphatic carbocycles. The van der Waals surface area contributed by atoms with Crippen molar-refractivity contribution in [1.82, 2.24) is 5.16 Å². The van der Waals surface area contributed by atoms with Gasteiger partial charge in [-0.2, -0.15) is 0 Å². The zero-order chi connectivity index (χ0) is 11.5. The summed E-state index contributed by atoms with van der Waals surface area (Å²) in [5.41, 5.74) is 7.24. The number of nitrogen functional groups attached to an aromatic ring is 1. The Morgan fingerprint density at radius 2 is 2.31 bits per heavy atom. The van der Waals surface area contributed by atoms with Gasteiger partial charge in [0.25, 0.3) is 0 Å². The molecule has 0 saturated carbocycles. The van der Waals surface area contributed by atoms with Crippen molar-refractivity contribution >= 4 is 5.88 Å². The molecule has 0 spiro atoms. The van der Waals surface area contributed by atoms with E-state index in [-0.39, 0.29) is 5.88 Å². The van der Waals surface area contributed by atoms with Crippen molar-refractivity contribution in [3.05, 3.63) is 30.0 Å². The monoisotopic (exact) mass is 222 g/mol. The Hall–Kier alpha value is -2.04. The number of benzene rings is 1. The van der Waals surface area contributed by atoms with Crippen LogP contribution in [-0.2, 0) is 6.67 Å². The number of nitrogens with zero attached hydrogens (tertiary/aromatic N) is 1. The van der Waals surface area contributed by atoms with E-state index < -0.39 is 6.67 Å². The highest BCUT2D eigenvalue weighted by atomic mass is 19.1. The molecule has 1 heterocycles. The van der Waals surface area contributed by atoms with E-state index in [2.05, 4.69) is 5.16 Å². The summed E-state index contributed by atoms with van der Waals surface area (Å²) in [5, 5.41) is 3.57. The first-order valence-corrected chi connectivity index (χ1v) is 4.70. The largest absolute Gasteiger partial charge is 0.496 e. The fourth-order valence-electron chi connectivity index (χ4n) is 1.60. The first-order chi connectivity index (χ1) is 7.77. The Kier molecular flexibility index (Phi) is 2.76. The van der Waals surface area contributed by atoms with Crippen LogP contribution in [0.3, 0.4) is 0 Å². The van der Waals surface area contributed by atoms with Crippen molar-refractivity contribution in [3.8, 4) is 16.9 Å². The molecule has 0 atom stereocenters. The second-order valence-corrected chi connectivity index (χ2v) is 3.23. The third-order valence-corrected chi connectivity index (χ3v) is 2.34. The fourth-order valence-corrected chi connectivity index (χ4v) is 1.60. The van der Waals surface area contributed by atoms with Gasteiger partial charge in [0.1, 0.15) is 12.4 Å². The summed E-state index contributed by atoms with van der Waals surface area (Å²) in [5.74, 6) is 0.698. The van der Waals surface area contributed by atoms with Crippen molar-refractivity contribution in [3.63, 3.8) is 0 Å². The number of nitrogens with two attached hydrogens (primary N) is 1. The maximum atomic E-state index is 12.9. The molecule has 0 unspecified atom stereocenters. The highest BCUT2D eigenvalue weighted by molar-refractivity contribution is 5.79. The standard InChI is InChI=1S/C11H11FN2O2/c1-15-9-4-2-3-7(5-12)10(9)8-6-14-16-11(8)13/h2-4,6H,5,13H2,1H3. The maximum Gasteiger partial charge on any atom is 0.230 e. The first-order valence-electron chi connectivity index (χ1n) is 4.70. The molecule has 1 aromatic carbocycles. The smallest absolute Gasteiger partial charge is 0.230 e. The Morgan fingerprint density at radius 1 is 1.50 bits per heavy atom. The molecule has 0 fully saturated rings. The lowest BCUT2D eigenvalue weighted by atomic mass is 10.0. The Morgan fingerprint density at radius 3 is 2.88 bits per heavy atom. The van der Waals surface area contributed by atoms with Gasteiger partial charge in [-0.25, -0.2) is 4.39 Å². The van der Waals surface area contributed by atoms with Crippen LogP contribution in [-0.4, -0.2) is 12.3 Å². The number of hydrogen-bond acceptors (Lipinski definition) is 4. The summed E-state index contributed by atoms with van der Waals surface area (Å²) in [7, 11) is 1.52. The molecule has 2 rings (SSSR count). The molecule has 0 amide bonds. The molecule has 0 aliphatic heterocycles. The molecular weight excluding hydrogens is 211 g/mol. The van der Waals surface area contributed by atoms with Crippen LogP contribution in [0.4, 0.5) is 10.3 Å². The summed E-state index contributed by atoms with van der Waals surface area (Å²) in [6, 6.07) is 5.13. The quantitative estimate of drug-likeness (QED) is 0.866. The lowest BCUT2D eigenvalue weighted by Crippen LogP contribution is -1.94. The van der Waals surface area contributed by atoms with Crippen LogP contribution in [0.2, 0.25) is 0 Å². The molecule has 0 bridgehead atoms. The van der Waals surface area contributed by atoms with Crippen molar-refractivity contribution in [2.75, 3.05) is 12.8 Å². The number of anilines is 1. The van der Waals surface area contributed by atoms with Crippen LogP contribution in [0, 0.1) is 0 Å². The van der Waals surface area contributed by atoms with E-state index in [4.69, 9.17) is 15.0 Å². The summed E-state index contributed by atoms with van der Waals surface area (Å²) in [6.07, 6.45) is 1.45. The number of hydrogen-bond donors (Lipinski definition) is 1. The predicted octanol–water partition coefficient (Wildman–Crippen LogP) is 2.40. The number of aromatic nitrogens is 1. The summed E-state index contributed by atoms with van der Waals surface area (Å²) >= 11 is 0. The average molecular weight is 222 g/mol. The van der Waals surface area contributed by atoms with Crippen LogP contribution in [0.15, 0.2) is 28.9 Å². The third kappa shape index (κ3) is 1.60. The van der Waals surface area contributed by atoms with E-state index in [1.54, 1.807) is 18.2 Å². The van der Waals surface area contributed by atoms with Gasteiger partial charge in [-0.1, -0.05) is 17.3 Å². The van der Waals surface area contributed by atoms with E-state index in [1.165, 1.54) is 13.3 Å². The van der Waals surface area contributed by atoms with E-state index in [0.29, 0.717) is 22.4 Å². The predicted molar refractivity (Wildman–Crippen MR) is 57.7 cm³/mol. The lowest BCUT2D eigenvalue weighted by Gasteiger charge is -2.10. The molecular formula is C11H11FN2O2. The van der Waals surface area contributed by atoms with Crippen LogP contribution >= 0.6 is 0 Å². The zero-order valence-electron chi connectivity index (χ0n) is 8.74. The highest BCUT2D eigenvalue weighted by Gasteiger charge is 2.16. The molecule has 16 heavy (non-hydrogen) atoms. The molecule has 84 valence electrons. The molecule has 2 N–H and O–H groups in total. The molecule has 0 aliphatic rings. The highest BCUT2D eigenvalue weighted by Crippen LogP contribution is 2.36. The van der Waals surface area contributed by atoms with Crippen molar-refractivity contribution in [2.45, 2.75) is 6.67 Å². The first kappa shape index (κ1) is 10.5. The number of methoxy groups -OCH3 is 1. The van der Waals surface area contributed by atoms with E-state index in [0.717, 1.165) is 0 Å². The summed E-state index contributed by atoms with van der Waals surface area (Å²) in [4.78, 5) is 0. The minimum atomic E-state index is -0.600. The van der Waals surface area contributed by atoms with Gasteiger partial charge in [0, 0.05) is 5.56 Å². The minimum absolute atomic E-state index is 0.152. The SMILES string of the molecule is COc1cccc(CF)c1-c1cnoc1N. The topological polar surface area (TPSA) is 61.3 Å². The van der Waals surface area contributed by atoms with Crippen LogP contribution in [0.25, 0.3) is 11.1 Å². The molecule has 2 aromatic rings. The summed E-state index contributed by atoms with van der Waals surface area (Å²) in [6.45, 7) is -0.600. The lowest BCUT2D eigenvalue weighted by molar-refractivity contribution is 0.413.